The molecule has 5 rings (SSSR count). The van der Waals surface area contributed by atoms with Crippen molar-refractivity contribution in [1.29, 1.82) is 0 Å². The molecule has 0 saturated carbocycles. The summed E-state index contributed by atoms with van der Waals surface area (Å²) in [5.41, 5.74) is 7.75. The Morgan fingerprint density at radius 2 is 1.67 bits per heavy atom. The van der Waals surface area contributed by atoms with E-state index in [2.05, 4.69) is 27.4 Å². The highest BCUT2D eigenvalue weighted by Gasteiger charge is 2.32. The van der Waals surface area contributed by atoms with E-state index >= 15 is 0 Å². The zero-order chi connectivity index (χ0) is 22.8. The summed E-state index contributed by atoms with van der Waals surface area (Å²) in [6, 6.07) is 17.8. The maximum absolute atomic E-state index is 13.1. The monoisotopic (exact) mass is 451 g/mol. The molecule has 3 heterocycles. The fourth-order valence-corrected chi connectivity index (χ4v) is 4.49. The van der Waals surface area contributed by atoms with Crippen LogP contribution in [0, 0.1) is 0 Å². The Morgan fingerprint density at radius 1 is 0.909 bits per heavy atom. The van der Waals surface area contributed by atoms with Crippen molar-refractivity contribution in [2.24, 2.45) is 5.10 Å². The lowest BCUT2D eigenvalue weighted by Crippen LogP contribution is -2.51. The molecule has 1 atom stereocenters. The zero-order valence-electron chi connectivity index (χ0n) is 18.0. The van der Waals surface area contributed by atoms with E-state index in [-0.39, 0.29) is 6.17 Å². The SMILES string of the molecule is FC(F)(F)c1cccc(N2CCN(C3NN=C(Cc4ccncc4)c4ccccc43)CC2)c1. The van der Waals surface area contributed by atoms with Crippen LogP contribution in [0.1, 0.15) is 28.4 Å². The molecule has 2 aliphatic rings. The van der Waals surface area contributed by atoms with E-state index < -0.39 is 11.7 Å². The second-order valence-corrected chi connectivity index (χ2v) is 8.28. The highest BCUT2D eigenvalue weighted by atomic mass is 19.4. The standard InChI is InChI=1S/C25H24F3N5/c26-25(27,28)19-4-3-5-20(17-19)32-12-14-33(15-13-32)24-22-7-2-1-6-21(22)23(30-31-24)16-18-8-10-29-11-9-18/h1-11,17,24,31H,12-16H2. The lowest BCUT2D eigenvalue weighted by atomic mass is 9.95. The number of pyridine rings is 1. The van der Waals surface area contributed by atoms with Crippen molar-refractivity contribution in [2.45, 2.75) is 18.8 Å². The molecule has 1 unspecified atom stereocenters. The molecule has 5 nitrogen and oxygen atoms in total. The van der Waals surface area contributed by atoms with Crippen LogP contribution in [-0.4, -0.2) is 41.8 Å². The van der Waals surface area contributed by atoms with E-state index in [1.807, 2.05) is 29.2 Å². The number of rotatable bonds is 4. The third-order valence-electron chi connectivity index (χ3n) is 6.23. The highest BCUT2D eigenvalue weighted by Crippen LogP contribution is 2.33. The van der Waals surface area contributed by atoms with Crippen LogP contribution in [0.4, 0.5) is 18.9 Å². The van der Waals surface area contributed by atoms with E-state index in [1.54, 1.807) is 18.5 Å². The molecule has 3 aromatic rings. The van der Waals surface area contributed by atoms with Crippen molar-refractivity contribution in [1.82, 2.24) is 15.3 Å². The number of hydrazone groups is 1. The van der Waals surface area contributed by atoms with Gasteiger partial charge < -0.3 is 4.90 Å². The minimum atomic E-state index is -4.33. The third kappa shape index (κ3) is 4.57. The summed E-state index contributed by atoms with van der Waals surface area (Å²) in [6.45, 7) is 2.74. The van der Waals surface area contributed by atoms with Crippen LogP contribution >= 0.6 is 0 Å². The van der Waals surface area contributed by atoms with Crippen LogP contribution in [0.5, 0.6) is 0 Å². The number of nitrogens with one attached hydrogen (secondary N) is 1. The average molecular weight is 451 g/mol. The van der Waals surface area contributed by atoms with Gasteiger partial charge in [0, 0.05) is 56.2 Å². The van der Waals surface area contributed by atoms with Crippen molar-refractivity contribution in [3.05, 3.63) is 95.3 Å². The first-order valence-corrected chi connectivity index (χ1v) is 11.0. The van der Waals surface area contributed by atoms with Gasteiger partial charge >= 0.3 is 6.18 Å². The summed E-state index contributed by atoms with van der Waals surface area (Å²) in [6.07, 6.45) is -0.122. The molecular weight excluding hydrogens is 427 g/mol. The smallest absolute Gasteiger partial charge is 0.369 e. The fraction of sp³-hybridized carbons (Fsp3) is 0.280. The summed E-state index contributed by atoms with van der Waals surface area (Å²) in [4.78, 5) is 8.39. The first-order chi connectivity index (χ1) is 16.0. The molecule has 1 saturated heterocycles. The van der Waals surface area contributed by atoms with Crippen molar-refractivity contribution in [2.75, 3.05) is 31.1 Å². The Morgan fingerprint density at radius 3 is 2.42 bits per heavy atom. The number of hydrogen-bond donors (Lipinski definition) is 1. The molecule has 0 spiro atoms. The molecule has 1 N–H and O–H groups in total. The minimum absolute atomic E-state index is 0.0638. The number of anilines is 1. The Kier molecular flexibility index (Phi) is 5.76. The van der Waals surface area contributed by atoms with Gasteiger partial charge in [-0.15, -0.1) is 0 Å². The normalized spacial score (nSPS) is 18.9. The van der Waals surface area contributed by atoms with Crippen molar-refractivity contribution in [3.8, 4) is 0 Å². The minimum Gasteiger partial charge on any atom is -0.369 e. The molecule has 1 fully saturated rings. The number of nitrogens with zero attached hydrogens (tertiary/aromatic N) is 4. The van der Waals surface area contributed by atoms with Gasteiger partial charge in [0.05, 0.1) is 11.3 Å². The predicted octanol–water partition coefficient (Wildman–Crippen LogP) is 4.47. The quantitative estimate of drug-likeness (QED) is 0.636. The van der Waals surface area contributed by atoms with Gasteiger partial charge in [-0.3, -0.25) is 15.3 Å². The van der Waals surface area contributed by atoms with E-state index in [9.17, 15) is 13.2 Å². The van der Waals surface area contributed by atoms with Gasteiger partial charge in [-0.1, -0.05) is 30.3 Å². The fourth-order valence-electron chi connectivity index (χ4n) is 4.49. The summed E-state index contributed by atoms with van der Waals surface area (Å²) in [5.74, 6) is 0. The van der Waals surface area contributed by atoms with Gasteiger partial charge in [0.2, 0.25) is 0 Å². The average Bonchev–Trinajstić information content (AvgIpc) is 2.85. The first kappa shape index (κ1) is 21.5. The zero-order valence-corrected chi connectivity index (χ0v) is 18.0. The Balaban J connectivity index is 1.30. The van der Waals surface area contributed by atoms with E-state index in [4.69, 9.17) is 5.10 Å². The van der Waals surface area contributed by atoms with Crippen LogP contribution in [0.25, 0.3) is 0 Å². The second-order valence-electron chi connectivity index (χ2n) is 8.28. The molecule has 2 aliphatic heterocycles. The second kappa shape index (κ2) is 8.86. The van der Waals surface area contributed by atoms with E-state index in [0.29, 0.717) is 25.2 Å². The molecule has 1 aromatic heterocycles. The van der Waals surface area contributed by atoms with Crippen LogP contribution in [0.2, 0.25) is 0 Å². The van der Waals surface area contributed by atoms with Crippen molar-refractivity contribution < 1.29 is 13.2 Å². The number of benzene rings is 2. The largest absolute Gasteiger partial charge is 0.416 e. The Labute approximate surface area is 190 Å². The Hall–Kier alpha value is -3.39. The highest BCUT2D eigenvalue weighted by molar-refractivity contribution is 6.03. The number of aromatic nitrogens is 1. The van der Waals surface area contributed by atoms with Gasteiger partial charge in [-0.25, -0.2) is 0 Å². The van der Waals surface area contributed by atoms with Crippen molar-refractivity contribution >= 4 is 11.4 Å². The maximum atomic E-state index is 13.1. The van der Waals surface area contributed by atoms with Crippen LogP contribution in [-0.2, 0) is 12.6 Å². The van der Waals surface area contributed by atoms with Crippen LogP contribution < -0.4 is 10.3 Å². The van der Waals surface area contributed by atoms with Gasteiger partial charge in [-0.05, 0) is 41.5 Å². The molecule has 2 aromatic carbocycles. The number of halogens is 3. The Bertz CT molecular complexity index is 1140. The summed E-state index contributed by atoms with van der Waals surface area (Å²) in [5, 5.41) is 4.70. The maximum Gasteiger partial charge on any atom is 0.416 e. The molecule has 33 heavy (non-hydrogen) atoms. The predicted molar refractivity (Wildman–Crippen MR) is 122 cm³/mol. The summed E-state index contributed by atoms with van der Waals surface area (Å²) >= 11 is 0. The molecule has 170 valence electrons. The summed E-state index contributed by atoms with van der Waals surface area (Å²) in [7, 11) is 0. The molecule has 0 amide bonds. The van der Waals surface area contributed by atoms with Gasteiger partial charge in [-0.2, -0.15) is 18.3 Å². The lowest BCUT2D eigenvalue weighted by molar-refractivity contribution is -0.137. The van der Waals surface area contributed by atoms with Crippen molar-refractivity contribution in [3.63, 3.8) is 0 Å². The first-order valence-electron chi connectivity index (χ1n) is 11.0. The van der Waals surface area contributed by atoms with Crippen LogP contribution in [0.15, 0.2) is 78.2 Å². The molecular formula is C25H24F3N5. The lowest BCUT2D eigenvalue weighted by Gasteiger charge is -2.41. The topological polar surface area (TPSA) is 43.8 Å². The molecule has 0 aliphatic carbocycles. The molecule has 0 radical (unpaired) electrons. The van der Waals surface area contributed by atoms with E-state index in [0.717, 1.165) is 36.0 Å². The van der Waals surface area contributed by atoms with Crippen LogP contribution in [0.3, 0.4) is 0 Å². The third-order valence-corrected chi connectivity index (χ3v) is 6.23. The van der Waals surface area contributed by atoms with Gasteiger partial charge in [0.15, 0.2) is 0 Å². The number of fused-ring (bicyclic) bond motifs is 1. The number of alkyl halides is 3. The number of piperazine rings is 1. The van der Waals surface area contributed by atoms with E-state index in [1.165, 1.54) is 17.7 Å². The summed E-state index contributed by atoms with van der Waals surface area (Å²) < 4.78 is 39.3. The van der Waals surface area contributed by atoms with Gasteiger partial charge in [0.25, 0.3) is 0 Å². The molecule has 0 bridgehead atoms. The number of hydrogen-bond acceptors (Lipinski definition) is 5. The van der Waals surface area contributed by atoms with Gasteiger partial charge in [0.1, 0.15) is 6.17 Å². The molecule has 8 heteroatoms.